The highest BCUT2D eigenvalue weighted by Gasteiger charge is 2.30. The molecule has 0 aliphatic carbocycles. The Kier molecular flexibility index (Phi) is 5.50. The topological polar surface area (TPSA) is 22.6 Å². The third-order valence-electron chi connectivity index (χ3n) is 4.59. The van der Waals surface area contributed by atoms with Gasteiger partial charge in [0.1, 0.15) is 0 Å². The second kappa shape index (κ2) is 7.47. The average Bonchev–Trinajstić information content (AvgIpc) is 2.99. The number of anilines is 1. The van der Waals surface area contributed by atoms with Crippen LogP contribution >= 0.6 is 11.3 Å². The summed E-state index contributed by atoms with van der Waals surface area (Å²) in [5.74, 6) is 0. The van der Waals surface area contributed by atoms with Crippen molar-refractivity contribution in [2.75, 3.05) is 58.3 Å². The van der Waals surface area contributed by atoms with Gasteiger partial charge in [-0.3, -0.25) is 0 Å². The van der Waals surface area contributed by atoms with E-state index in [1.165, 1.54) is 17.4 Å². The van der Waals surface area contributed by atoms with E-state index in [4.69, 9.17) is 0 Å². The molecule has 0 saturated carbocycles. The molecule has 2 aromatic rings. The Morgan fingerprint density at radius 1 is 1.20 bits per heavy atom. The predicted octanol–water partition coefficient (Wildman–Crippen LogP) is 3.39. The van der Waals surface area contributed by atoms with Gasteiger partial charge >= 0.3 is 6.18 Å². The summed E-state index contributed by atoms with van der Waals surface area (Å²) in [5, 5.41) is 0.771. The molecule has 1 aromatic carbocycles. The van der Waals surface area contributed by atoms with E-state index < -0.39 is 11.7 Å². The molecule has 0 unspecified atom stereocenters. The third-order valence-corrected chi connectivity index (χ3v) is 5.74. The van der Waals surface area contributed by atoms with Gasteiger partial charge in [0.15, 0.2) is 5.13 Å². The molecule has 1 saturated heterocycles. The molecule has 25 heavy (non-hydrogen) atoms. The SMILES string of the molecule is CN1CCN(CCCN(C)c2nc3cc(C(F)(F)F)ccc3s2)CC1. The molecule has 0 atom stereocenters. The van der Waals surface area contributed by atoms with Crippen molar-refractivity contribution in [1.29, 1.82) is 0 Å². The molecular formula is C17H23F3N4S. The molecule has 0 bridgehead atoms. The van der Waals surface area contributed by atoms with Gasteiger partial charge in [-0.25, -0.2) is 4.98 Å². The van der Waals surface area contributed by atoms with Crippen LogP contribution in [-0.2, 0) is 6.18 Å². The second-order valence-electron chi connectivity index (χ2n) is 6.60. The number of alkyl halides is 3. The molecule has 1 aliphatic rings. The van der Waals surface area contributed by atoms with Gasteiger partial charge in [-0.15, -0.1) is 0 Å². The first kappa shape index (κ1) is 18.4. The summed E-state index contributed by atoms with van der Waals surface area (Å²) in [6.45, 7) is 6.30. The normalized spacial score (nSPS) is 17.3. The molecule has 2 heterocycles. The van der Waals surface area contributed by atoms with Crippen molar-refractivity contribution in [3.05, 3.63) is 23.8 Å². The Morgan fingerprint density at radius 2 is 1.92 bits per heavy atom. The van der Waals surface area contributed by atoms with E-state index in [1.807, 2.05) is 11.9 Å². The lowest BCUT2D eigenvalue weighted by atomic mass is 10.2. The van der Waals surface area contributed by atoms with E-state index >= 15 is 0 Å². The lowest BCUT2D eigenvalue weighted by Crippen LogP contribution is -2.45. The zero-order valence-corrected chi connectivity index (χ0v) is 15.3. The van der Waals surface area contributed by atoms with Crippen molar-refractivity contribution in [1.82, 2.24) is 14.8 Å². The van der Waals surface area contributed by atoms with Crippen LogP contribution in [0.4, 0.5) is 18.3 Å². The van der Waals surface area contributed by atoms with Crippen molar-refractivity contribution >= 4 is 26.7 Å². The Labute approximate surface area is 149 Å². The molecule has 0 amide bonds. The number of benzene rings is 1. The number of hydrogen-bond donors (Lipinski definition) is 0. The van der Waals surface area contributed by atoms with Crippen LogP contribution in [0, 0.1) is 0 Å². The number of rotatable bonds is 5. The molecule has 1 aromatic heterocycles. The first-order chi connectivity index (χ1) is 11.8. The number of fused-ring (bicyclic) bond motifs is 1. The van der Waals surface area contributed by atoms with Crippen LogP contribution in [0.5, 0.6) is 0 Å². The standard InChI is InChI=1S/C17H23F3N4S/c1-22-8-10-24(11-9-22)7-3-6-23(2)16-21-14-12-13(17(18,19)20)4-5-15(14)25-16/h4-5,12H,3,6-11H2,1-2H3. The molecule has 0 N–H and O–H groups in total. The van der Waals surface area contributed by atoms with Crippen LogP contribution in [0.1, 0.15) is 12.0 Å². The van der Waals surface area contributed by atoms with Crippen molar-refractivity contribution in [2.24, 2.45) is 0 Å². The molecule has 1 fully saturated rings. The molecular weight excluding hydrogens is 349 g/mol. The van der Waals surface area contributed by atoms with Gasteiger partial charge in [-0.2, -0.15) is 13.2 Å². The number of hydrogen-bond acceptors (Lipinski definition) is 5. The summed E-state index contributed by atoms with van der Waals surface area (Å²) in [5.41, 5.74) is -0.227. The van der Waals surface area contributed by atoms with Crippen LogP contribution in [0.15, 0.2) is 18.2 Å². The monoisotopic (exact) mass is 372 g/mol. The van der Waals surface area contributed by atoms with Crippen LogP contribution < -0.4 is 4.90 Å². The fraction of sp³-hybridized carbons (Fsp3) is 0.588. The van der Waals surface area contributed by atoms with E-state index in [9.17, 15) is 13.2 Å². The first-order valence-corrected chi connectivity index (χ1v) is 9.24. The minimum Gasteiger partial charge on any atom is -0.351 e. The zero-order chi connectivity index (χ0) is 18.0. The Bertz CT molecular complexity index is 707. The first-order valence-electron chi connectivity index (χ1n) is 8.43. The van der Waals surface area contributed by atoms with Gasteiger partial charge < -0.3 is 14.7 Å². The molecule has 4 nitrogen and oxygen atoms in total. The highest BCUT2D eigenvalue weighted by Crippen LogP contribution is 2.34. The molecule has 8 heteroatoms. The fourth-order valence-corrected chi connectivity index (χ4v) is 3.89. The molecule has 138 valence electrons. The number of likely N-dealkylation sites (N-methyl/N-ethyl adjacent to an activating group) is 1. The van der Waals surface area contributed by atoms with E-state index in [0.717, 1.165) is 67.7 Å². The van der Waals surface area contributed by atoms with Crippen molar-refractivity contribution in [3.8, 4) is 0 Å². The van der Waals surface area contributed by atoms with Gasteiger partial charge in [0.25, 0.3) is 0 Å². The lowest BCUT2D eigenvalue weighted by Gasteiger charge is -2.32. The van der Waals surface area contributed by atoms with Crippen molar-refractivity contribution in [3.63, 3.8) is 0 Å². The van der Waals surface area contributed by atoms with E-state index in [0.29, 0.717) is 5.52 Å². The molecule has 3 rings (SSSR count). The zero-order valence-electron chi connectivity index (χ0n) is 14.5. The lowest BCUT2D eigenvalue weighted by molar-refractivity contribution is -0.137. The van der Waals surface area contributed by atoms with Gasteiger partial charge in [0, 0.05) is 39.8 Å². The summed E-state index contributed by atoms with van der Waals surface area (Å²) >= 11 is 1.44. The fourth-order valence-electron chi connectivity index (χ4n) is 2.95. The van der Waals surface area contributed by atoms with Crippen LogP contribution in [0.25, 0.3) is 10.2 Å². The molecule has 0 radical (unpaired) electrons. The highest BCUT2D eigenvalue weighted by atomic mass is 32.1. The van der Waals surface area contributed by atoms with Crippen LogP contribution in [0.3, 0.4) is 0 Å². The van der Waals surface area contributed by atoms with Gasteiger partial charge in [0.2, 0.25) is 0 Å². The predicted molar refractivity (Wildman–Crippen MR) is 96.4 cm³/mol. The third kappa shape index (κ3) is 4.62. The summed E-state index contributed by atoms with van der Waals surface area (Å²) in [4.78, 5) is 11.2. The maximum Gasteiger partial charge on any atom is 0.416 e. The molecule has 0 spiro atoms. The smallest absolute Gasteiger partial charge is 0.351 e. The van der Waals surface area contributed by atoms with Gasteiger partial charge in [-0.05, 0) is 38.2 Å². The number of thiazole rings is 1. The van der Waals surface area contributed by atoms with Crippen molar-refractivity contribution in [2.45, 2.75) is 12.6 Å². The summed E-state index contributed by atoms with van der Waals surface area (Å²) < 4.78 is 39.2. The van der Waals surface area contributed by atoms with Gasteiger partial charge in [-0.1, -0.05) is 11.3 Å². The summed E-state index contributed by atoms with van der Waals surface area (Å²) in [6.07, 6.45) is -3.31. The van der Waals surface area contributed by atoms with Gasteiger partial charge in [0.05, 0.1) is 15.8 Å². The number of aromatic nitrogens is 1. The summed E-state index contributed by atoms with van der Waals surface area (Å²) in [7, 11) is 4.09. The number of halogens is 3. The second-order valence-corrected chi connectivity index (χ2v) is 7.61. The number of piperazine rings is 1. The maximum absolute atomic E-state index is 12.8. The number of nitrogens with zero attached hydrogens (tertiary/aromatic N) is 4. The highest BCUT2D eigenvalue weighted by molar-refractivity contribution is 7.22. The Morgan fingerprint density at radius 3 is 2.60 bits per heavy atom. The van der Waals surface area contributed by atoms with E-state index in [-0.39, 0.29) is 0 Å². The Hall–Kier alpha value is -1.38. The van der Waals surface area contributed by atoms with Crippen LogP contribution in [0.2, 0.25) is 0 Å². The quantitative estimate of drug-likeness (QED) is 0.802. The minimum absolute atomic E-state index is 0.417. The average molecular weight is 372 g/mol. The minimum atomic E-state index is -4.33. The molecule has 1 aliphatic heterocycles. The Balaban J connectivity index is 1.57. The van der Waals surface area contributed by atoms with Crippen LogP contribution in [-0.4, -0.2) is 68.1 Å². The van der Waals surface area contributed by atoms with E-state index in [2.05, 4.69) is 21.8 Å². The largest absolute Gasteiger partial charge is 0.416 e. The maximum atomic E-state index is 12.8. The van der Waals surface area contributed by atoms with Crippen molar-refractivity contribution < 1.29 is 13.2 Å². The van der Waals surface area contributed by atoms with E-state index in [1.54, 1.807) is 0 Å². The summed E-state index contributed by atoms with van der Waals surface area (Å²) in [6, 6.07) is 3.77.